The number of thiocarbonyl (C=S) groups is 1. The summed E-state index contributed by atoms with van der Waals surface area (Å²) in [5.74, 6) is 1.38. The molecule has 0 unspecified atom stereocenters. The fourth-order valence-corrected chi connectivity index (χ4v) is 3.13. The summed E-state index contributed by atoms with van der Waals surface area (Å²) in [6, 6.07) is 11.3. The number of ether oxygens (including phenoxy) is 2. The van der Waals surface area contributed by atoms with Gasteiger partial charge in [-0.1, -0.05) is 15.9 Å². The molecule has 22 heavy (non-hydrogen) atoms. The van der Waals surface area contributed by atoms with Gasteiger partial charge in [0.15, 0.2) is 5.11 Å². The average molecular weight is 446 g/mol. The van der Waals surface area contributed by atoms with E-state index in [2.05, 4.69) is 42.5 Å². The van der Waals surface area contributed by atoms with Crippen molar-refractivity contribution in [3.05, 3.63) is 45.3 Å². The lowest BCUT2D eigenvalue weighted by molar-refractivity contribution is 0.395. The molecular weight excluding hydrogens is 432 g/mol. The van der Waals surface area contributed by atoms with Crippen LogP contribution in [-0.2, 0) is 0 Å². The highest BCUT2D eigenvalue weighted by Gasteiger charge is 2.06. The van der Waals surface area contributed by atoms with Crippen molar-refractivity contribution < 1.29 is 9.47 Å². The molecule has 0 saturated carbocycles. The Morgan fingerprint density at radius 1 is 0.955 bits per heavy atom. The first-order chi connectivity index (χ1) is 10.5. The van der Waals surface area contributed by atoms with Crippen molar-refractivity contribution in [2.45, 2.75) is 0 Å². The molecular formula is C15H14Br2N2O2S. The van der Waals surface area contributed by atoms with Gasteiger partial charge in [-0.25, -0.2) is 0 Å². The molecule has 4 nitrogen and oxygen atoms in total. The predicted molar refractivity (Wildman–Crippen MR) is 101 cm³/mol. The van der Waals surface area contributed by atoms with E-state index < -0.39 is 0 Å². The molecule has 0 saturated heterocycles. The Morgan fingerprint density at radius 2 is 1.59 bits per heavy atom. The van der Waals surface area contributed by atoms with E-state index in [0.717, 1.165) is 20.3 Å². The zero-order valence-electron chi connectivity index (χ0n) is 11.9. The number of nitrogens with one attached hydrogen (secondary N) is 2. The van der Waals surface area contributed by atoms with Gasteiger partial charge >= 0.3 is 0 Å². The SMILES string of the molecule is COc1cc(NC(=S)Nc2ccc(Br)cc2Br)cc(OC)c1. The Labute approximate surface area is 151 Å². The number of hydrogen-bond donors (Lipinski definition) is 2. The molecule has 0 aliphatic carbocycles. The van der Waals surface area contributed by atoms with Crippen molar-refractivity contribution in [2.24, 2.45) is 0 Å². The maximum Gasteiger partial charge on any atom is 0.175 e. The summed E-state index contributed by atoms with van der Waals surface area (Å²) in [5, 5.41) is 6.71. The van der Waals surface area contributed by atoms with Crippen LogP contribution in [-0.4, -0.2) is 19.3 Å². The Balaban J connectivity index is 2.11. The minimum atomic E-state index is 0.471. The molecule has 2 aromatic rings. The van der Waals surface area contributed by atoms with Gasteiger partial charge in [0.2, 0.25) is 0 Å². The van der Waals surface area contributed by atoms with Crippen molar-refractivity contribution in [3.8, 4) is 11.5 Å². The second-order valence-corrected chi connectivity index (χ2v) is 6.48. The zero-order chi connectivity index (χ0) is 16.1. The summed E-state index contributed by atoms with van der Waals surface area (Å²) in [6.07, 6.45) is 0. The fraction of sp³-hybridized carbons (Fsp3) is 0.133. The number of rotatable bonds is 4. The maximum absolute atomic E-state index is 5.33. The molecule has 0 heterocycles. The molecule has 0 aliphatic heterocycles. The van der Waals surface area contributed by atoms with Gasteiger partial charge in [-0.05, 0) is 46.3 Å². The van der Waals surface area contributed by atoms with Crippen molar-refractivity contribution in [3.63, 3.8) is 0 Å². The van der Waals surface area contributed by atoms with Crippen molar-refractivity contribution in [1.29, 1.82) is 0 Å². The van der Waals surface area contributed by atoms with Crippen LogP contribution in [0.3, 0.4) is 0 Å². The van der Waals surface area contributed by atoms with Gasteiger partial charge in [0.25, 0.3) is 0 Å². The molecule has 0 spiro atoms. The average Bonchev–Trinajstić information content (AvgIpc) is 2.49. The Kier molecular flexibility index (Phi) is 6.05. The number of benzene rings is 2. The van der Waals surface area contributed by atoms with Crippen molar-refractivity contribution in [1.82, 2.24) is 0 Å². The molecule has 0 aliphatic rings. The van der Waals surface area contributed by atoms with Gasteiger partial charge in [0, 0.05) is 32.8 Å². The van der Waals surface area contributed by atoms with Crippen LogP contribution in [0.25, 0.3) is 0 Å². The van der Waals surface area contributed by atoms with Crippen LogP contribution in [0, 0.1) is 0 Å². The van der Waals surface area contributed by atoms with E-state index in [0.29, 0.717) is 16.6 Å². The lowest BCUT2D eigenvalue weighted by Crippen LogP contribution is -2.19. The van der Waals surface area contributed by atoms with E-state index >= 15 is 0 Å². The van der Waals surface area contributed by atoms with E-state index in [4.69, 9.17) is 21.7 Å². The largest absolute Gasteiger partial charge is 0.497 e. The van der Waals surface area contributed by atoms with E-state index in [1.165, 1.54) is 0 Å². The predicted octanol–water partition coefficient (Wildman–Crippen LogP) is 5.04. The summed E-state index contributed by atoms with van der Waals surface area (Å²) in [5.41, 5.74) is 1.65. The Bertz CT molecular complexity index is 673. The quantitative estimate of drug-likeness (QED) is 0.645. The minimum absolute atomic E-state index is 0.471. The van der Waals surface area contributed by atoms with Crippen molar-refractivity contribution >= 4 is 60.6 Å². The van der Waals surface area contributed by atoms with Crippen LogP contribution in [0.5, 0.6) is 11.5 Å². The van der Waals surface area contributed by atoms with Crippen LogP contribution >= 0.6 is 44.1 Å². The third-order valence-electron chi connectivity index (χ3n) is 2.79. The standard InChI is InChI=1S/C15H14Br2N2O2S/c1-20-11-6-10(7-12(8-11)21-2)18-15(22)19-14-4-3-9(16)5-13(14)17/h3-8H,1-2H3,(H2,18,19,22). The zero-order valence-corrected chi connectivity index (χ0v) is 15.9. The second-order valence-electron chi connectivity index (χ2n) is 4.30. The topological polar surface area (TPSA) is 42.5 Å². The van der Waals surface area contributed by atoms with Gasteiger partial charge in [0.1, 0.15) is 11.5 Å². The van der Waals surface area contributed by atoms with Crippen LogP contribution in [0.4, 0.5) is 11.4 Å². The van der Waals surface area contributed by atoms with Crippen molar-refractivity contribution in [2.75, 3.05) is 24.9 Å². The lowest BCUT2D eigenvalue weighted by atomic mass is 10.3. The first kappa shape index (κ1) is 17.1. The summed E-state index contributed by atoms with van der Waals surface area (Å²) in [7, 11) is 3.21. The van der Waals surface area contributed by atoms with E-state index in [9.17, 15) is 0 Å². The fourth-order valence-electron chi connectivity index (χ4n) is 1.76. The molecule has 2 aromatic carbocycles. The van der Waals surface area contributed by atoms with Crippen LogP contribution in [0.1, 0.15) is 0 Å². The highest BCUT2D eigenvalue weighted by molar-refractivity contribution is 9.11. The molecule has 0 aromatic heterocycles. The molecule has 0 fully saturated rings. The summed E-state index contributed by atoms with van der Waals surface area (Å²) in [4.78, 5) is 0. The first-order valence-corrected chi connectivity index (χ1v) is 8.27. The van der Waals surface area contributed by atoms with Gasteiger partial charge in [-0.2, -0.15) is 0 Å². The highest BCUT2D eigenvalue weighted by Crippen LogP contribution is 2.28. The molecule has 0 amide bonds. The first-order valence-electron chi connectivity index (χ1n) is 6.28. The highest BCUT2D eigenvalue weighted by atomic mass is 79.9. The number of anilines is 2. The maximum atomic E-state index is 5.33. The summed E-state index contributed by atoms with van der Waals surface area (Å²) in [6.45, 7) is 0. The lowest BCUT2D eigenvalue weighted by Gasteiger charge is -2.14. The molecule has 116 valence electrons. The van der Waals surface area contributed by atoms with Gasteiger partial charge in [-0.3, -0.25) is 0 Å². The molecule has 0 bridgehead atoms. The number of methoxy groups -OCH3 is 2. The molecule has 0 atom stereocenters. The Morgan fingerprint density at radius 3 is 2.14 bits per heavy atom. The monoisotopic (exact) mass is 444 g/mol. The van der Waals surface area contributed by atoms with E-state index in [1.807, 2.05) is 30.3 Å². The molecule has 2 rings (SSSR count). The van der Waals surface area contributed by atoms with Crippen LogP contribution in [0.15, 0.2) is 45.3 Å². The van der Waals surface area contributed by atoms with E-state index in [-0.39, 0.29) is 0 Å². The van der Waals surface area contributed by atoms with Gasteiger partial charge in [-0.15, -0.1) is 0 Å². The number of hydrogen-bond acceptors (Lipinski definition) is 3. The van der Waals surface area contributed by atoms with E-state index in [1.54, 1.807) is 20.3 Å². The number of halogens is 2. The van der Waals surface area contributed by atoms with Crippen LogP contribution in [0.2, 0.25) is 0 Å². The smallest absolute Gasteiger partial charge is 0.175 e. The molecule has 0 radical (unpaired) electrons. The summed E-state index contributed by atoms with van der Waals surface area (Å²) < 4.78 is 12.4. The second kappa shape index (κ2) is 7.80. The van der Waals surface area contributed by atoms with Crippen LogP contribution < -0.4 is 20.1 Å². The third-order valence-corrected chi connectivity index (χ3v) is 4.14. The Hall–Kier alpha value is -1.31. The molecule has 2 N–H and O–H groups in total. The summed E-state index contributed by atoms with van der Waals surface area (Å²) >= 11 is 12.2. The normalized spacial score (nSPS) is 10.0. The minimum Gasteiger partial charge on any atom is -0.497 e. The molecule has 7 heteroatoms. The van der Waals surface area contributed by atoms with Gasteiger partial charge < -0.3 is 20.1 Å². The third kappa shape index (κ3) is 4.59. The van der Waals surface area contributed by atoms with Gasteiger partial charge in [0.05, 0.1) is 19.9 Å².